The monoisotopic (exact) mass is 434 g/mol. The number of carbonyl (C=O) groups is 2. The molecule has 0 saturated heterocycles. The number of nitrogens with two attached hydrogens (primary N) is 2. The van der Waals surface area contributed by atoms with Gasteiger partial charge in [-0.15, -0.1) is 0 Å². The maximum absolute atomic E-state index is 11.0. The molecule has 2 aromatic rings. The number of rotatable bonds is 6. The van der Waals surface area contributed by atoms with E-state index in [2.05, 4.69) is 39.8 Å². The van der Waals surface area contributed by atoms with Gasteiger partial charge in [0.15, 0.2) is 0 Å². The van der Waals surface area contributed by atoms with Crippen molar-refractivity contribution in [3.8, 4) is 0 Å². The van der Waals surface area contributed by atoms with Crippen LogP contribution in [0.2, 0.25) is 0 Å². The van der Waals surface area contributed by atoms with Crippen LogP contribution >= 0.6 is 0 Å². The van der Waals surface area contributed by atoms with Crippen molar-refractivity contribution in [2.24, 2.45) is 21.7 Å². The number of nitrogens with zero attached hydrogens (tertiary/aromatic N) is 2. The lowest BCUT2D eigenvalue weighted by Gasteiger charge is -2.22. The minimum Gasteiger partial charge on any atom is -0.350 e. The maximum atomic E-state index is 11.0. The molecule has 0 atom stereocenters. The average Bonchev–Trinajstić information content (AvgIpc) is 2.66. The molecule has 0 saturated carbocycles. The molecule has 0 fully saturated rings. The second-order valence-electron chi connectivity index (χ2n) is 7.80. The highest BCUT2D eigenvalue weighted by Gasteiger charge is 2.19. The van der Waals surface area contributed by atoms with Crippen molar-refractivity contribution in [3.05, 3.63) is 74.3 Å². The Kier molecular flexibility index (Phi) is 7.54. The summed E-state index contributed by atoms with van der Waals surface area (Å²) < 4.78 is 0. The van der Waals surface area contributed by atoms with Crippen molar-refractivity contribution in [1.29, 1.82) is 0 Å². The Labute approximate surface area is 188 Å². The Balaban J connectivity index is 2.65. The molecule has 0 spiro atoms. The van der Waals surface area contributed by atoms with Crippen LogP contribution in [0, 0.1) is 41.5 Å². The summed E-state index contributed by atoms with van der Waals surface area (Å²) in [5.74, 6) is 0. The van der Waals surface area contributed by atoms with E-state index in [1.807, 2.05) is 41.5 Å². The number of benzene rings is 2. The Morgan fingerprint density at radius 2 is 1.09 bits per heavy atom. The molecular formula is C24H30N6O2. The van der Waals surface area contributed by atoms with Gasteiger partial charge >= 0.3 is 12.1 Å². The van der Waals surface area contributed by atoms with Crippen LogP contribution in [0.15, 0.2) is 28.9 Å². The van der Waals surface area contributed by atoms with E-state index in [-0.39, 0.29) is 0 Å². The fraction of sp³-hybridized carbons (Fsp3) is 0.250. The maximum Gasteiger partial charge on any atom is 0.332 e. The third kappa shape index (κ3) is 5.21. The van der Waals surface area contributed by atoms with Crippen molar-refractivity contribution >= 4 is 30.1 Å². The third-order valence-corrected chi connectivity index (χ3v) is 5.40. The topological polar surface area (TPSA) is 135 Å². The van der Waals surface area contributed by atoms with Crippen molar-refractivity contribution in [2.45, 2.75) is 41.5 Å². The van der Waals surface area contributed by atoms with Crippen molar-refractivity contribution in [1.82, 2.24) is 10.9 Å². The minimum atomic E-state index is -0.723. The molecule has 0 aliphatic carbocycles. The predicted molar refractivity (Wildman–Crippen MR) is 130 cm³/mol. The van der Waals surface area contributed by atoms with Gasteiger partial charge in [-0.1, -0.05) is 18.7 Å². The summed E-state index contributed by atoms with van der Waals surface area (Å²) in [7, 11) is 0. The summed E-state index contributed by atoms with van der Waals surface area (Å²) in [5, 5.41) is 7.87. The van der Waals surface area contributed by atoms with Gasteiger partial charge in [0.1, 0.15) is 0 Å². The second kappa shape index (κ2) is 9.91. The molecule has 6 N–H and O–H groups in total. The van der Waals surface area contributed by atoms with Gasteiger partial charge in [-0.25, -0.2) is 20.4 Å². The van der Waals surface area contributed by atoms with Crippen LogP contribution in [-0.4, -0.2) is 24.5 Å². The van der Waals surface area contributed by atoms with Gasteiger partial charge in [0, 0.05) is 11.1 Å². The molecule has 0 unspecified atom stereocenters. The number of amides is 4. The van der Waals surface area contributed by atoms with Gasteiger partial charge < -0.3 is 11.5 Å². The number of hydrogen-bond donors (Lipinski definition) is 4. The molecule has 168 valence electrons. The average molecular weight is 435 g/mol. The van der Waals surface area contributed by atoms with E-state index >= 15 is 0 Å². The quantitative estimate of drug-likeness (QED) is 0.408. The largest absolute Gasteiger partial charge is 0.350 e. The first-order chi connectivity index (χ1) is 15.0. The Morgan fingerprint density at radius 3 is 1.41 bits per heavy atom. The molecule has 0 aliphatic heterocycles. The highest BCUT2D eigenvalue weighted by atomic mass is 16.2. The van der Waals surface area contributed by atoms with Crippen LogP contribution in [0.4, 0.5) is 9.59 Å². The van der Waals surface area contributed by atoms with E-state index < -0.39 is 12.1 Å². The summed E-state index contributed by atoms with van der Waals surface area (Å²) in [6.45, 7) is 16.5. The molecule has 0 radical (unpaired) electrons. The normalized spacial score (nSPS) is 11.2. The summed E-state index contributed by atoms with van der Waals surface area (Å²) in [4.78, 5) is 21.9. The predicted octanol–water partition coefficient (Wildman–Crippen LogP) is 3.60. The van der Waals surface area contributed by atoms with E-state index in [0.717, 1.165) is 61.2 Å². The zero-order chi connectivity index (χ0) is 24.2. The zero-order valence-corrected chi connectivity index (χ0v) is 19.4. The van der Waals surface area contributed by atoms with Gasteiger partial charge in [-0.05, 0) is 91.6 Å². The lowest BCUT2D eigenvalue weighted by atomic mass is 9.83. The van der Waals surface area contributed by atoms with E-state index in [4.69, 9.17) is 11.5 Å². The Morgan fingerprint density at radius 1 is 0.750 bits per heavy atom. The summed E-state index contributed by atoms with van der Waals surface area (Å²) >= 11 is 0. The molecule has 0 heterocycles. The van der Waals surface area contributed by atoms with Gasteiger partial charge in [0.05, 0.1) is 12.4 Å². The number of urea groups is 2. The molecule has 2 rings (SSSR count). The van der Waals surface area contributed by atoms with Gasteiger partial charge in [0.25, 0.3) is 0 Å². The lowest BCUT2D eigenvalue weighted by Crippen LogP contribution is -2.24. The van der Waals surface area contributed by atoms with Gasteiger partial charge in [0.2, 0.25) is 0 Å². The van der Waals surface area contributed by atoms with Crippen LogP contribution in [-0.2, 0) is 0 Å². The van der Waals surface area contributed by atoms with Gasteiger partial charge in [-0.3, -0.25) is 0 Å². The first-order valence-corrected chi connectivity index (χ1v) is 10.0. The molecule has 2 aromatic carbocycles. The SMILES string of the molecule is C=C(c1c(C)cc(C)c(/C=N\NC(N)=O)c1C)c1c(C)cc(C)c(/C=N\NC(N)=O)c1C. The molecule has 32 heavy (non-hydrogen) atoms. The minimum absolute atomic E-state index is 0.723. The Hall–Kier alpha value is -3.94. The van der Waals surface area contributed by atoms with Crippen molar-refractivity contribution < 1.29 is 9.59 Å². The fourth-order valence-corrected chi connectivity index (χ4v) is 4.17. The fourth-order valence-electron chi connectivity index (χ4n) is 4.17. The molecule has 4 amide bonds. The van der Waals surface area contributed by atoms with Crippen LogP contribution in [0.3, 0.4) is 0 Å². The van der Waals surface area contributed by atoms with Crippen molar-refractivity contribution in [3.63, 3.8) is 0 Å². The zero-order valence-electron chi connectivity index (χ0n) is 19.4. The lowest BCUT2D eigenvalue weighted by molar-refractivity contribution is 0.248. The molecular weight excluding hydrogens is 404 g/mol. The van der Waals surface area contributed by atoms with Crippen molar-refractivity contribution in [2.75, 3.05) is 0 Å². The van der Waals surface area contributed by atoms with Crippen LogP contribution in [0.25, 0.3) is 5.57 Å². The van der Waals surface area contributed by atoms with E-state index in [0.29, 0.717) is 0 Å². The molecule has 8 nitrogen and oxygen atoms in total. The van der Waals surface area contributed by atoms with E-state index in [1.165, 1.54) is 0 Å². The van der Waals surface area contributed by atoms with E-state index in [1.54, 1.807) is 12.4 Å². The number of hydrazone groups is 2. The molecule has 8 heteroatoms. The summed E-state index contributed by atoms with van der Waals surface area (Å²) in [6.07, 6.45) is 3.18. The van der Waals surface area contributed by atoms with Crippen LogP contribution in [0.1, 0.15) is 55.6 Å². The van der Waals surface area contributed by atoms with Gasteiger partial charge in [-0.2, -0.15) is 10.2 Å². The molecule has 0 aromatic heterocycles. The first kappa shape index (κ1) is 24.3. The second-order valence-corrected chi connectivity index (χ2v) is 7.80. The summed E-state index contributed by atoms with van der Waals surface area (Å²) in [6, 6.07) is 2.69. The van der Waals surface area contributed by atoms with Crippen LogP contribution < -0.4 is 22.3 Å². The first-order valence-electron chi connectivity index (χ1n) is 10.0. The number of aryl methyl sites for hydroxylation is 4. The third-order valence-electron chi connectivity index (χ3n) is 5.40. The number of nitrogens with one attached hydrogen (secondary N) is 2. The molecule has 0 aliphatic rings. The van der Waals surface area contributed by atoms with Crippen LogP contribution in [0.5, 0.6) is 0 Å². The highest BCUT2D eigenvalue weighted by molar-refractivity contribution is 5.94. The van der Waals surface area contributed by atoms with E-state index in [9.17, 15) is 9.59 Å². The smallest absolute Gasteiger partial charge is 0.332 e. The molecule has 0 bridgehead atoms. The number of hydrogen-bond acceptors (Lipinski definition) is 4. The highest BCUT2D eigenvalue weighted by Crippen LogP contribution is 2.35. The number of carbonyl (C=O) groups excluding carboxylic acids is 2. The Bertz CT molecular complexity index is 1070. The summed E-state index contributed by atoms with van der Waals surface area (Å²) in [5.41, 5.74) is 25.5. The number of primary amides is 2. The standard InChI is InChI=1S/C24H30N6O2/c1-12-8-14(3)21(16(5)19(12)10-27-29-23(25)31)18(7)22-15(4)9-13(2)20(17(22)6)11-28-30-24(26)32/h8-11H,7H2,1-6H3,(H3,25,29,31)(H3,26,30,32)/b27-10-,28-11-.